The second-order valence-electron chi connectivity index (χ2n) is 4.44. The van der Waals surface area contributed by atoms with E-state index in [2.05, 4.69) is 13.0 Å². The second-order valence-corrected chi connectivity index (χ2v) is 4.44. The lowest BCUT2D eigenvalue weighted by Gasteiger charge is -2.14. The van der Waals surface area contributed by atoms with E-state index >= 15 is 0 Å². The van der Waals surface area contributed by atoms with Crippen LogP contribution < -0.4 is 5.73 Å². The van der Waals surface area contributed by atoms with E-state index in [-0.39, 0.29) is 11.8 Å². The zero-order valence-corrected chi connectivity index (χ0v) is 9.80. The maximum atomic E-state index is 12.0. The predicted molar refractivity (Wildman–Crippen MR) is 63.7 cm³/mol. The van der Waals surface area contributed by atoms with Crippen molar-refractivity contribution >= 4 is 5.78 Å². The second kappa shape index (κ2) is 6.78. The maximum absolute atomic E-state index is 12.0. The molecular formula is C13H23NO. The molecule has 2 nitrogen and oxygen atoms in total. The highest BCUT2D eigenvalue weighted by Crippen LogP contribution is 2.19. The summed E-state index contributed by atoms with van der Waals surface area (Å²) in [7, 11) is 0. The lowest BCUT2D eigenvalue weighted by atomic mass is 9.93. The van der Waals surface area contributed by atoms with E-state index in [4.69, 9.17) is 5.73 Å². The number of ketones is 1. The molecule has 1 rings (SSSR count). The first-order valence-corrected chi connectivity index (χ1v) is 6.24. The maximum Gasteiger partial charge on any atom is 0.175 e. The predicted octanol–water partition coefficient (Wildman–Crippen LogP) is 2.96. The summed E-state index contributed by atoms with van der Waals surface area (Å²) in [6.45, 7) is 2.07. The molecule has 1 unspecified atom stereocenters. The first-order valence-electron chi connectivity index (χ1n) is 6.24. The third kappa shape index (κ3) is 4.17. The summed E-state index contributed by atoms with van der Waals surface area (Å²) in [6, 6.07) is -0.263. The van der Waals surface area contributed by atoms with Crippen molar-refractivity contribution in [3.05, 3.63) is 11.6 Å². The fourth-order valence-corrected chi connectivity index (χ4v) is 2.10. The lowest BCUT2D eigenvalue weighted by Crippen LogP contribution is -2.31. The number of hydrogen-bond acceptors (Lipinski definition) is 2. The van der Waals surface area contributed by atoms with Gasteiger partial charge in [0.05, 0.1) is 6.04 Å². The van der Waals surface area contributed by atoms with Gasteiger partial charge in [0.15, 0.2) is 5.78 Å². The smallest absolute Gasteiger partial charge is 0.175 e. The van der Waals surface area contributed by atoms with Gasteiger partial charge in [0.2, 0.25) is 0 Å². The van der Waals surface area contributed by atoms with Crippen molar-refractivity contribution in [1.29, 1.82) is 0 Å². The van der Waals surface area contributed by atoms with E-state index in [0.717, 1.165) is 37.7 Å². The Morgan fingerprint density at radius 1 is 1.40 bits per heavy atom. The number of allylic oxidation sites excluding steroid dienone is 1. The van der Waals surface area contributed by atoms with Crippen LogP contribution in [0.15, 0.2) is 11.6 Å². The highest BCUT2D eigenvalue weighted by molar-refractivity contribution is 5.99. The number of carbonyl (C=O) groups is 1. The Balaban J connectivity index is 2.55. The van der Waals surface area contributed by atoms with E-state index in [1.165, 1.54) is 19.3 Å². The first kappa shape index (κ1) is 12.4. The van der Waals surface area contributed by atoms with Gasteiger partial charge in [0.1, 0.15) is 0 Å². The highest BCUT2D eigenvalue weighted by Gasteiger charge is 2.17. The molecule has 0 radical (unpaired) electrons. The van der Waals surface area contributed by atoms with Crippen LogP contribution in [0.1, 0.15) is 58.3 Å². The molecule has 86 valence electrons. The van der Waals surface area contributed by atoms with E-state index in [1.807, 2.05) is 0 Å². The summed E-state index contributed by atoms with van der Waals surface area (Å²) in [5.74, 6) is 0.193. The Morgan fingerprint density at radius 3 is 2.87 bits per heavy atom. The minimum absolute atomic E-state index is 0.193. The van der Waals surface area contributed by atoms with Crippen molar-refractivity contribution in [1.82, 2.24) is 0 Å². The molecule has 0 aromatic carbocycles. The van der Waals surface area contributed by atoms with Crippen LogP contribution in [0.5, 0.6) is 0 Å². The SMILES string of the molecule is CCCC(N)C(=O)C1=CCCCCCC1. The summed E-state index contributed by atoms with van der Waals surface area (Å²) in [6.07, 6.45) is 10.9. The Bertz CT molecular complexity index is 233. The number of rotatable bonds is 4. The van der Waals surface area contributed by atoms with Gasteiger partial charge in [-0.15, -0.1) is 0 Å². The Kier molecular flexibility index (Phi) is 5.62. The number of hydrogen-bond donors (Lipinski definition) is 1. The third-order valence-electron chi connectivity index (χ3n) is 3.04. The third-order valence-corrected chi connectivity index (χ3v) is 3.04. The molecule has 0 aliphatic heterocycles. The average molecular weight is 209 g/mol. The standard InChI is InChI=1S/C13H23NO/c1-2-8-12(14)13(15)11-9-6-4-3-5-7-10-11/h9,12H,2-8,10,14H2,1H3. The summed E-state index contributed by atoms with van der Waals surface area (Å²) in [5.41, 5.74) is 6.85. The van der Waals surface area contributed by atoms with Gasteiger partial charge in [-0.3, -0.25) is 4.79 Å². The van der Waals surface area contributed by atoms with Gasteiger partial charge in [-0.2, -0.15) is 0 Å². The Hall–Kier alpha value is -0.630. The van der Waals surface area contributed by atoms with Crippen molar-refractivity contribution in [3.63, 3.8) is 0 Å². The fraction of sp³-hybridized carbons (Fsp3) is 0.769. The molecule has 0 heterocycles. The largest absolute Gasteiger partial charge is 0.321 e. The molecule has 0 saturated heterocycles. The van der Waals surface area contributed by atoms with Crippen molar-refractivity contribution < 1.29 is 4.79 Å². The van der Waals surface area contributed by atoms with Crippen LogP contribution >= 0.6 is 0 Å². The molecule has 0 aromatic rings. The van der Waals surface area contributed by atoms with Crippen LogP contribution in [0.25, 0.3) is 0 Å². The van der Waals surface area contributed by atoms with Gasteiger partial charge >= 0.3 is 0 Å². The highest BCUT2D eigenvalue weighted by atomic mass is 16.1. The molecule has 2 heteroatoms. The molecule has 1 aliphatic carbocycles. The van der Waals surface area contributed by atoms with Gasteiger partial charge in [0.25, 0.3) is 0 Å². The molecule has 15 heavy (non-hydrogen) atoms. The van der Waals surface area contributed by atoms with E-state index in [9.17, 15) is 4.79 Å². The molecule has 0 amide bonds. The van der Waals surface area contributed by atoms with Crippen molar-refractivity contribution in [3.8, 4) is 0 Å². The monoisotopic (exact) mass is 209 g/mol. The van der Waals surface area contributed by atoms with Crippen LogP contribution in [0, 0.1) is 0 Å². The summed E-state index contributed by atoms with van der Waals surface area (Å²) >= 11 is 0. The Labute approximate surface area is 92.9 Å². The van der Waals surface area contributed by atoms with Gasteiger partial charge in [0, 0.05) is 0 Å². The van der Waals surface area contributed by atoms with Crippen LogP contribution in [0.2, 0.25) is 0 Å². The van der Waals surface area contributed by atoms with E-state index in [0.29, 0.717) is 0 Å². The lowest BCUT2D eigenvalue weighted by molar-refractivity contribution is -0.117. The van der Waals surface area contributed by atoms with Gasteiger partial charge in [-0.25, -0.2) is 0 Å². The van der Waals surface area contributed by atoms with E-state index in [1.54, 1.807) is 0 Å². The van der Waals surface area contributed by atoms with Crippen LogP contribution in [0.4, 0.5) is 0 Å². The average Bonchev–Trinajstić information content (AvgIpc) is 2.16. The van der Waals surface area contributed by atoms with Crippen LogP contribution in [0.3, 0.4) is 0 Å². The van der Waals surface area contributed by atoms with Gasteiger partial charge in [-0.05, 0) is 37.7 Å². The van der Waals surface area contributed by atoms with Crippen LogP contribution in [-0.4, -0.2) is 11.8 Å². The van der Waals surface area contributed by atoms with Gasteiger partial charge in [-0.1, -0.05) is 32.3 Å². The fourth-order valence-electron chi connectivity index (χ4n) is 2.10. The first-order chi connectivity index (χ1) is 7.25. The molecule has 1 aliphatic rings. The molecule has 1 atom stereocenters. The molecule has 0 saturated carbocycles. The summed E-state index contributed by atoms with van der Waals surface area (Å²) in [4.78, 5) is 12.0. The quantitative estimate of drug-likeness (QED) is 0.773. The number of Topliss-reactive ketones (excluding diaryl/α,β-unsaturated/α-hetero) is 1. The van der Waals surface area contributed by atoms with E-state index < -0.39 is 0 Å². The Morgan fingerprint density at radius 2 is 2.13 bits per heavy atom. The summed E-state index contributed by atoms with van der Waals surface area (Å²) in [5, 5.41) is 0. The number of carbonyl (C=O) groups excluding carboxylic acids is 1. The molecule has 0 fully saturated rings. The molecular weight excluding hydrogens is 186 g/mol. The number of nitrogens with two attached hydrogens (primary N) is 1. The normalized spacial score (nSPS) is 20.0. The van der Waals surface area contributed by atoms with Crippen LogP contribution in [-0.2, 0) is 4.79 Å². The van der Waals surface area contributed by atoms with Crippen molar-refractivity contribution in [2.24, 2.45) is 5.73 Å². The van der Waals surface area contributed by atoms with Crippen molar-refractivity contribution in [2.45, 2.75) is 64.3 Å². The zero-order valence-electron chi connectivity index (χ0n) is 9.80. The minimum atomic E-state index is -0.263. The summed E-state index contributed by atoms with van der Waals surface area (Å²) < 4.78 is 0. The topological polar surface area (TPSA) is 43.1 Å². The van der Waals surface area contributed by atoms with Gasteiger partial charge < -0.3 is 5.73 Å². The molecule has 0 spiro atoms. The molecule has 0 aromatic heterocycles. The molecule has 0 bridgehead atoms. The van der Waals surface area contributed by atoms with Crippen molar-refractivity contribution in [2.75, 3.05) is 0 Å². The molecule has 2 N–H and O–H groups in total. The zero-order chi connectivity index (χ0) is 11.1. The minimum Gasteiger partial charge on any atom is -0.321 e.